The van der Waals surface area contributed by atoms with Crippen molar-refractivity contribution in [2.45, 2.75) is 0 Å². The van der Waals surface area contributed by atoms with Crippen molar-refractivity contribution in [1.82, 2.24) is 0 Å². The van der Waals surface area contributed by atoms with Gasteiger partial charge >= 0.3 is 5.97 Å². The van der Waals surface area contributed by atoms with E-state index in [-0.39, 0.29) is 5.97 Å². The van der Waals surface area contributed by atoms with Gasteiger partial charge in [0.1, 0.15) is 5.75 Å². The maximum absolute atomic E-state index is 11.3. The fourth-order valence-corrected chi connectivity index (χ4v) is 1.37. The maximum atomic E-state index is 11.3. The topological polar surface area (TPSA) is 35.5 Å². The largest absolute Gasteiger partial charge is 0.496 e. The van der Waals surface area contributed by atoms with Gasteiger partial charge in [0, 0.05) is 11.4 Å². The number of alkyl halides is 1. The van der Waals surface area contributed by atoms with Crippen LogP contribution in [0.25, 0.3) is 6.08 Å². The summed E-state index contributed by atoms with van der Waals surface area (Å²) in [5.41, 5.74) is 1.28. The molecule has 0 spiro atoms. The lowest BCUT2D eigenvalue weighted by atomic mass is 10.1. The van der Waals surface area contributed by atoms with Crippen molar-refractivity contribution in [1.29, 1.82) is 0 Å². The molecular weight excluding hydrogens is 228 g/mol. The van der Waals surface area contributed by atoms with Gasteiger partial charge in [0.15, 0.2) is 0 Å². The minimum absolute atomic E-state index is 0.372. The highest BCUT2D eigenvalue weighted by Crippen LogP contribution is 2.21. The number of hydrogen-bond donors (Lipinski definition) is 0. The van der Waals surface area contributed by atoms with Crippen molar-refractivity contribution in [3.05, 3.63) is 35.4 Å². The molecule has 0 saturated carbocycles. The molecule has 0 unspecified atom stereocenters. The number of hydrogen-bond acceptors (Lipinski definition) is 3. The minimum Gasteiger partial charge on any atom is -0.496 e. The number of methoxy groups -OCH3 is 2. The van der Waals surface area contributed by atoms with Gasteiger partial charge in [0.25, 0.3) is 0 Å². The van der Waals surface area contributed by atoms with Crippen LogP contribution in [0.2, 0.25) is 0 Å². The van der Waals surface area contributed by atoms with Crippen LogP contribution in [0.3, 0.4) is 0 Å². The lowest BCUT2D eigenvalue weighted by Crippen LogP contribution is -2.01. The Hall–Kier alpha value is -1.48. The maximum Gasteiger partial charge on any atom is 0.337 e. The normalized spacial score (nSPS) is 10.4. The molecule has 0 amide bonds. The summed E-state index contributed by atoms with van der Waals surface area (Å²) in [6.07, 6.45) is 3.58. The van der Waals surface area contributed by atoms with Crippen LogP contribution in [0.4, 0.5) is 0 Å². The van der Waals surface area contributed by atoms with E-state index in [2.05, 4.69) is 4.74 Å². The third kappa shape index (κ3) is 3.00. The van der Waals surface area contributed by atoms with Crippen LogP contribution in [-0.2, 0) is 4.74 Å². The molecule has 3 nitrogen and oxygen atoms in total. The van der Waals surface area contributed by atoms with Gasteiger partial charge in [-0.05, 0) is 18.2 Å². The van der Waals surface area contributed by atoms with Gasteiger partial charge in [0.2, 0.25) is 0 Å². The van der Waals surface area contributed by atoms with Crippen molar-refractivity contribution in [2.75, 3.05) is 20.1 Å². The van der Waals surface area contributed by atoms with Crippen molar-refractivity contribution in [3.63, 3.8) is 0 Å². The lowest BCUT2D eigenvalue weighted by Gasteiger charge is -2.06. The molecule has 0 aliphatic carbocycles. The summed E-state index contributed by atoms with van der Waals surface area (Å²) >= 11 is 5.56. The lowest BCUT2D eigenvalue weighted by molar-refractivity contribution is 0.0600. The average Bonchev–Trinajstić information content (AvgIpc) is 2.34. The standard InChI is InChI=1S/C12H13ClO3/c1-15-11-6-5-10(12(14)16-2)8-9(11)4-3-7-13/h3-6,8H,7H2,1-2H3. The Morgan fingerprint density at radius 2 is 2.19 bits per heavy atom. The second-order valence-corrected chi connectivity index (χ2v) is 3.31. The summed E-state index contributed by atoms with van der Waals surface area (Å²) in [6.45, 7) is 0. The molecule has 0 aromatic heterocycles. The Bertz CT molecular complexity index is 399. The molecule has 0 saturated heterocycles. The van der Waals surface area contributed by atoms with Gasteiger partial charge in [-0.15, -0.1) is 11.6 Å². The number of halogens is 1. The molecule has 1 aromatic carbocycles. The van der Waals surface area contributed by atoms with Crippen LogP contribution in [0.15, 0.2) is 24.3 Å². The van der Waals surface area contributed by atoms with E-state index < -0.39 is 0 Å². The predicted octanol–water partition coefficient (Wildman–Crippen LogP) is 2.73. The van der Waals surface area contributed by atoms with Gasteiger partial charge in [-0.1, -0.05) is 12.2 Å². The highest BCUT2D eigenvalue weighted by Gasteiger charge is 2.08. The zero-order chi connectivity index (χ0) is 12.0. The molecule has 0 fully saturated rings. The summed E-state index contributed by atoms with van der Waals surface area (Å²) in [5, 5.41) is 0. The second-order valence-electron chi connectivity index (χ2n) is 3.00. The molecule has 0 bridgehead atoms. The monoisotopic (exact) mass is 240 g/mol. The molecule has 0 radical (unpaired) electrons. The summed E-state index contributed by atoms with van der Waals surface area (Å²) in [5.74, 6) is 0.725. The summed E-state index contributed by atoms with van der Waals surface area (Å²) in [6, 6.07) is 5.08. The zero-order valence-electron chi connectivity index (χ0n) is 9.20. The van der Waals surface area contributed by atoms with Gasteiger partial charge in [-0.2, -0.15) is 0 Å². The quantitative estimate of drug-likeness (QED) is 0.600. The number of rotatable bonds is 4. The Labute approximate surface area is 99.6 Å². The zero-order valence-corrected chi connectivity index (χ0v) is 9.95. The molecule has 16 heavy (non-hydrogen) atoms. The van der Waals surface area contributed by atoms with Crippen LogP contribution in [0.1, 0.15) is 15.9 Å². The highest BCUT2D eigenvalue weighted by atomic mass is 35.5. The van der Waals surface area contributed by atoms with E-state index in [1.165, 1.54) is 7.11 Å². The fourth-order valence-electron chi connectivity index (χ4n) is 1.28. The van der Waals surface area contributed by atoms with Crippen LogP contribution >= 0.6 is 11.6 Å². The van der Waals surface area contributed by atoms with E-state index in [1.807, 2.05) is 0 Å². The number of esters is 1. The molecule has 4 heteroatoms. The molecular formula is C12H13ClO3. The first kappa shape index (κ1) is 12.6. The molecule has 1 rings (SSSR count). The SMILES string of the molecule is COC(=O)c1ccc(OC)c(C=CCCl)c1. The number of ether oxygens (including phenoxy) is 2. The van der Waals surface area contributed by atoms with E-state index >= 15 is 0 Å². The Kier molecular flexibility index (Phi) is 4.86. The predicted molar refractivity (Wildman–Crippen MR) is 64.1 cm³/mol. The number of allylic oxidation sites excluding steroid dienone is 1. The van der Waals surface area contributed by atoms with Crippen molar-refractivity contribution in [3.8, 4) is 5.75 Å². The van der Waals surface area contributed by atoms with Gasteiger partial charge in [0.05, 0.1) is 19.8 Å². The van der Waals surface area contributed by atoms with Crippen LogP contribution < -0.4 is 4.74 Å². The molecule has 86 valence electrons. The van der Waals surface area contributed by atoms with E-state index in [0.29, 0.717) is 17.2 Å². The molecule has 0 atom stereocenters. The Morgan fingerprint density at radius 3 is 2.75 bits per heavy atom. The Morgan fingerprint density at radius 1 is 1.44 bits per heavy atom. The van der Waals surface area contributed by atoms with Crippen LogP contribution in [-0.4, -0.2) is 26.1 Å². The molecule has 0 aliphatic heterocycles. The van der Waals surface area contributed by atoms with Gasteiger partial charge in [-0.25, -0.2) is 4.79 Å². The van der Waals surface area contributed by atoms with Gasteiger partial charge < -0.3 is 9.47 Å². The first-order chi connectivity index (χ1) is 7.72. The summed E-state index contributed by atoms with van der Waals surface area (Å²) < 4.78 is 9.80. The molecule has 0 N–H and O–H groups in total. The smallest absolute Gasteiger partial charge is 0.337 e. The molecule has 0 aliphatic rings. The second kappa shape index (κ2) is 6.18. The summed E-state index contributed by atoms with van der Waals surface area (Å²) in [4.78, 5) is 11.3. The first-order valence-electron chi connectivity index (χ1n) is 4.71. The minimum atomic E-state index is -0.372. The average molecular weight is 241 g/mol. The van der Waals surface area contributed by atoms with Crippen molar-refractivity contribution in [2.24, 2.45) is 0 Å². The highest BCUT2D eigenvalue weighted by molar-refractivity contribution is 6.19. The number of carbonyl (C=O) groups is 1. The van der Waals surface area contributed by atoms with E-state index in [1.54, 1.807) is 37.5 Å². The number of benzene rings is 1. The van der Waals surface area contributed by atoms with Gasteiger partial charge in [-0.3, -0.25) is 0 Å². The fraction of sp³-hybridized carbons (Fsp3) is 0.250. The third-order valence-electron chi connectivity index (χ3n) is 2.04. The van der Waals surface area contributed by atoms with E-state index in [9.17, 15) is 4.79 Å². The third-order valence-corrected chi connectivity index (χ3v) is 2.22. The van der Waals surface area contributed by atoms with E-state index in [4.69, 9.17) is 16.3 Å². The number of carbonyl (C=O) groups excluding carboxylic acids is 1. The summed E-state index contributed by atoms with van der Waals surface area (Å²) in [7, 11) is 2.92. The first-order valence-corrected chi connectivity index (χ1v) is 5.25. The van der Waals surface area contributed by atoms with E-state index in [0.717, 1.165) is 5.56 Å². The molecule has 1 aromatic rings. The van der Waals surface area contributed by atoms with Crippen molar-refractivity contribution < 1.29 is 14.3 Å². The van der Waals surface area contributed by atoms with Crippen molar-refractivity contribution >= 4 is 23.6 Å². The van der Waals surface area contributed by atoms with Crippen LogP contribution in [0.5, 0.6) is 5.75 Å². The molecule has 0 heterocycles. The van der Waals surface area contributed by atoms with Crippen LogP contribution in [0, 0.1) is 0 Å². The Balaban J connectivity index is 3.10.